The van der Waals surface area contributed by atoms with Gasteiger partial charge in [-0.2, -0.15) is 0 Å². The van der Waals surface area contributed by atoms with Crippen molar-refractivity contribution in [1.29, 1.82) is 0 Å². The van der Waals surface area contributed by atoms with Crippen molar-refractivity contribution >= 4 is 28.8 Å². The first-order chi connectivity index (χ1) is 9.07. The van der Waals surface area contributed by atoms with Gasteiger partial charge in [0.05, 0.1) is 18.9 Å². The lowest BCUT2D eigenvalue weighted by Crippen LogP contribution is -2.32. The smallest absolute Gasteiger partial charge is 0.252 e. The highest BCUT2D eigenvalue weighted by Crippen LogP contribution is 2.19. The summed E-state index contributed by atoms with van der Waals surface area (Å²) in [6.45, 7) is 0.832. The minimum Gasteiger partial charge on any atom is -0.389 e. The summed E-state index contributed by atoms with van der Waals surface area (Å²) in [5, 5.41) is 0. The van der Waals surface area contributed by atoms with Crippen molar-refractivity contribution in [2.24, 2.45) is 5.73 Å². The van der Waals surface area contributed by atoms with Crippen LogP contribution in [-0.2, 0) is 14.3 Å². The van der Waals surface area contributed by atoms with Gasteiger partial charge in [-0.25, -0.2) is 0 Å². The monoisotopic (exact) mass is 282 g/mol. The van der Waals surface area contributed by atoms with E-state index in [0.29, 0.717) is 24.5 Å². The molecule has 0 saturated carbocycles. The molecule has 0 spiro atoms. The lowest BCUT2D eigenvalue weighted by Gasteiger charge is -2.20. The van der Waals surface area contributed by atoms with Gasteiger partial charge < -0.3 is 20.1 Å². The zero-order chi connectivity index (χ0) is 14.3. The van der Waals surface area contributed by atoms with Crippen molar-refractivity contribution in [2.75, 3.05) is 38.9 Å². The number of benzene rings is 1. The normalized spacial score (nSPS) is 10.2. The van der Waals surface area contributed by atoms with Crippen LogP contribution in [0.4, 0.5) is 5.69 Å². The molecule has 6 heteroatoms. The van der Waals surface area contributed by atoms with Crippen LogP contribution in [0.1, 0.15) is 5.56 Å². The second-order valence-electron chi connectivity index (χ2n) is 3.88. The van der Waals surface area contributed by atoms with Crippen LogP contribution < -0.4 is 10.6 Å². The Morgan fingerprint density at radius 1 is 1.37 bits per heavy atom. The lowest BCUT2D eigenvalue weighted by atomic mass is 10.1. The SMILES string of the molecule is COCCOCC(=O)N(C)c1ccccc1C(N)=S. The molecule has 0 aliphatic rings. The molecule has 0 unspecified atom stereocenters. The standard InChI is InChI=1S/C13H18N2O3S/c1-15(12(16)9-18-8-7-17-2)11-6-4-3-5-10(11)13(14)19/h3-6H,7-9H2,1-2H3,(H2,14,19). The van der Waals surface area contributed by atoms with Crippen molar-refractivity contribution in [1.82, 2.24) is 0 Å². The molecule has 0 aliphatic carbocycles. The molecule has 0 aromatic heterocycles. The minimum atomic E-state index is -0.167. The molecule has 0 heterocycles. The largest absolute Gasteiger partial charge is 0.389 e. The molecule has 0 fully saturated rings. The number of hydrogen-bond donors (Lipinski definition) is 1. The maximum absolute atomic E-state index is 12.0. The Kier molecular flexibility index (Phi) is 6.41. The molecule has 0 radical (unpaired) electrons. The fraction of sp³-hybridized carbons (Fsp3) is 0.385. The van der Waals surface area contributed by atoms with Crippen LogP contribution in [0.25, 0.3) is 0 Å². The number of thiocarbonyl (C=S) groups is 1. The number of carbonyl (C=O) groups is 1. The molecule has 1 rings (SSSR count). The average Bonchev–Trinajstić information content (AvgIpc) is 2.42. The van der Waals surface area contributed by atoms with Gasteiger partial charge in [-0.3, -0.25) is 4.79 Å². The first-order valence-electron chi connectivity index (χ1n) is 5.80. The van der Waals surface area contributed by atoms with E-state index in [-0.39, 0.29) is 17.5 Å². The molecule has 2 N–H and O–H groups in total. The van der Waals surface area contributed by atoms with E-state index in [1.54, 1.807) is 26.3 Å². The van der Waals surface area contributed by atoms with Gasteiger partial charge in [0.2, 0.25) is 0 Å². The highest BCUT2D eigenvalue weighted by atomic mass is 32.1. The highest BCUT2D eigenvalue weighted by Gasteiger charge is 2.15. The molecule has 1 aromatic carbocycles. The van der Waals surface area contributed by atoms with E-state index in [4.69, 9.17) is 27.4 Å². The number of likely N-dealkylation sites (N-methyl/N-ethyl adjacent to an activating group) is 1. The van der Waals surface area contributed by atoms with Gasteiger partial charge in [0, 0.05) is 19.7 Å². The first-order valence-corrected chi connectivity index (χ1v) is 6.20. The number of nitrogens with two attached hydrogens (primary N) is 1. The van der Waals surface area contributed by atoms with Crippen molar-refractivity contribution < 1.29 is 14.3 Å². The molecular formula is C13H18N2O3S. The molecule has 0 aliphatic heterocycles. The number of hydrogen-bond acceptors (Lipinski definition) is 4. The number of rotatable bonds is 7. The third kappa shape index (κ3) is 4.59. The van der Waals surface area contributed by atoms with E-state index >= 15 is 0 Å². The predicted octanol–water partition coefficient (Wildman–Crippen LogP) is 0.947. The molecule has 5 nitrogen and oxygen atoms in total. The number of carbonyl (C=O) groups excluding carboxylic acids is 1. The van der Waals surface area contributed by atoms with Gasteiger partial charge in [0.1, 0.15) is 11.6 Å². The number of nitrogens with zero attached hydrogens (tertiary/aromatic N) is 1. The Bertz CT molecular complexity index is 451. The van der Waals surface area contributed by atoms with Gasteiger partial charge in [0.15, 0.2) is 0 Å². The molecule has 0 atom stereocenters. The van der Waals surface area contributed by atoms with Crippen molar-refractivity contribution in [3.8, 4) is 0 Å². The van der Waals surface area contributed by atoms with E-state index < -0.39 is 0 Å². The van der Waals surface area contributed by atoms with E-state index in [9.17, 15) is 4.79 Å². The summed E-state index contributed by atoms with van der Waals surface area (Å²) in [5.41, 5.74) is 6.99. The zero-order valence-corrected chi connectivity index (χ0v) is 11.9. The Balaban J connectivity index is 2.69. The molecule has 0 bridgehead atoms. The number of amides is 1. The van der Waals surface area contributed by atoms with Gasteiger partial charge in [-0.15, -0.1) is 0 Å². The van der Waals surface area contributed by atoms with E-state index in [0.717, 1.165) is 0 Å². The van der Waals surface area contributed by atoms with Gasteiger partial charge in [-0.1, -0.05) is 24.4 Å². The quantitative estimate of drug-likeness (QED) is 0.596. The van der Waals surface area contributed by atoms with Crippen LogP contribution in [0.5, 0.6) is 0 Å². The number of ether oxygens (including phenoxy) is 2. The van der Waals surface area contributed by atoms with E-state index in [1.807, 2.05) is 12.1 Å². The number of methoxy groups -OCH3 is 1. The number of anilines is 1. The molecule has 104 valence electrons. The van der Waals surface area contributed by atoms with Crippen LogP contribution in [0.15, 0.2) is 24.3 Å². The first kappa shape index (κ1) is 15.6. The van der Waals surface area contributed by atoms with Gasteiger partial charge in [0.25, 0.3) is 5.91 Å². The third-order valence-electron chi connectivity index (χ3n) is 2.56. The van der Waals surface area contributed by atoms with Gasteiger partial charge >= 0.3 is 0 Å². The highest BCUT2D eigenvalue weighted by molar-refractivity contribution is 7.80. The summed E-state index contributed by atoms with van der Waals surface area (Å²) in [4.78, 5) is 13.7. The van der Waals surface area contributed by atoms with Gasteiger partial charge in [-0.05, 0) is 12.1 Å². The lowest BCUT2D eigenvalue weighted by molar-refractivity contribution is -0.123. The Hall–Kier alpha value is -1.50. The molecular weight excluding hydrogens is 264 g/mol. The summed E-state index contributed by atoms with van der Waals surface area (Å²) >= 11 is 4.97. The minimum absolute atomic E-state index is 0.00841. The van der Waals surface area contributed by atoms with Crippen molar-refractivity contribution in [3.63, 3.8) is 0 Å². The molecule has 19 heavy (non-hydrogen) atoms. The second-order valence-corrected chi connectivity index (χ2v) is 4.32. The van der Waals surface area contributed by atoms with Crippen molar-refractivity contribution in [2.45, 2.75) is 0 Å². The van der Waals surface area contributed by atoms with E-state index in [2.05, 4.69) is 0 Å². The summed E-state index contributed by atoms with van der Waals surface area (Å²) in [6, 6.07) is 7.23. The topological polar surface area (TPSA) is 64.8 Å². The number of para-hydroxylation sites is 1. The molecule has 1 amide bonds. The van der Waals surface area contributed by atoms with Crippen LogP contribution >= 0.6 is 12.2 Å². The van der Waals surface area contributed by atoms with Crippen LogP contribution in [0.2, 0.25) is 0 Å². The third-order valence-corrected chi connectivity index (χ3v) is 2.78. The summed E-state index contributed by atoms with van der Waals surface area (Å²) in [7, 11) is 3.24. The predicted molar refractivity (Wildman–Crippen MR) is 78.4 cm³/mol. The van der Waals surface area contributed by atoms with Crippen LogP contribution in [-0.4, -0.2) is 44.9 Å². The Morgan fingerprint density at radius 3 is 2.68 bits per heavy atom. The molecule has 1 aromatic rings. The average molecular weight is 282 g/mol. The Labute approximate surface area is 118 Å². The zero-order valence-electron chi connectivity index (χ0n) is 11.1. The maximum Gasteiger partial charge on any atom is 0.252 e. The summed E-state index contributed by atoms with van der Waals surface area (Å²) < 4.78 is 10.0. The fourth-order valence-corrected chi connectivity index (χ4v) is 1.68. The van der Waals surface area contributed by atoms with E-state index in [1.165, 1.54) is 4.90 Å². The summed E-state index contributed by atoms with van der Waals surface area (Å²) in [5.74, 6) is -0.167. The Morgan fingerprint density at radius 2 is 2.05 bits per heavy atom. The van der Waals surface area contributed by atoms with Crippen molar-refractivity contribution in [3.05, 3.63) is 29.8 Å². The summed E-state index contributed by atoms with van der Waals surface area (Å²) in [6.07, 6.45) is 0. The molecule has 0 saturated heterocycles. The van der Waals surface area contributed by atoms with Crippen LogP contribution in [0, 0.1) is 0 Å². The fourth-order valence-electron chi connectivity index (χ4n) is 1.51. The maximum atomic E-state index is 12.0. The van der Waals surface area contributed by atoms with Crippen LogP contribution in [0.3, 0.4) is 0 Å². The second kappa shape index (κ2) is 7.83.